The molecule has 0 atom stereocenters. The molecule has 1 aliphatic rings. The zero-order valence-corrected chi connectivity index (χ0v) is 20.3. The van der Waals surface area contributed by atoms with Crippen LogP contribution in [0.4, 0.5) is 5.82 Å². The van der Waals surface area contributed by atoms with E-state index in [0.29, 0.717) is 6.04 Å². The molecule has 0 unspecified atom stereocenters. The highest BCUT2D eigenvalue weighted by Gasteiger charge is 2.23. The topological polar surface area (TPSA) is 47.0 Å². The van der Waals surface area contributed by atoms with Gasteiger partial charge in [0, 0.05) is 18.2 Å². The average Bonchev–Trinajstić information content (AvgIpc) is 2.82. The van der Waals surface area contributed by atoms with Gasteiger partial charge in [0.15, 0.2) is 0 Å². The van der Waals surface area contributed by atoms with Gasteiger partial charge in [-0.3, -0.25) is 0 Å². The molecule has 0 aliphatic heterocycles. The maximum Gasteiger partial charge on any atom is 0.148 e. The normalized spacial score (nSPS) is 13.5. The molecule has 0 fully saturated rings. The number of anilines is 1. The van der Waals surface area contributed by atoms with Crippen LogP contribution in [0.5, 0.6) is 0 Å². The Kier molecular flexibility index (Phi) is 8.89. The Morgan fingerprint density at radius 2 is 1.68 bits per heavy atom. The minimum absolute atomic E-state index is 0.446. The largest absolute Gasteiger partial charge is 0.381 e. The minimum Gasteiger partial charge on any atom is -0.381 e. The molecule has 0 spiro atoms. The van der Waals surface area contributed by atoms with E-state index >= 15 is 0 Å². The van der Waals surface area contributed by atoms with Crippen molar-refractivity contribution in [2.75, 3.05) is 18.5 Å². The van der Waals surface area contributed by atoms with Gasteiger partial charge in [0.1, 0.15) is 5.82 Å². The number of hydrogen-bond acceptors (Lipinski definition) is 4. The lowest BCUT2D eigenvalue weighted by atomic mass is 9.83. The molecule has 4 nitrogen and oxygen atoms in total. The van der Waals surface area contributed by atoms with Crippen LogP contribution in [0.25, 0.3) is 11.3 Å². The molecule has 0 radical (unpaired) electrons. The smallest absolute Gasteiger partial charge is 0.148 e. The van der Waals surface area contributed by atoms with E-state index in [9.17, 15) is 0 Å². The lowest BCUT2D eigenvalue weighted by Crippen LogP contribution is -2.21. The van der Waals surface area contributed by atoms with E-state index in [1.807, 2.05) is 0 Å². The van der Waals surface area contributed by atoms with Crippen LogP contribution in [-0.2, 0) is 36.8 Å². The zero-order chi connectivity index (χ0) is 22.2. The molecular weight excluding hydrogens is 382 g/mol. The molecule has 31 heavy (non-hydrogen) atoms. The van der Waals surface area contributed by atoms with Gasteiger partial charge >= 0.3 is 0 Å². The SMILES string of the molecule is CCOCCc1ccc2c(c1-c1nc(CC)c(NC(CC)CC)nc1CC)CCCC2. The molecule has 1 aromatic heterocycles. The molecule has 3 rings (SSSR count). The Morgan fingerprint density at radius 3 is 2.35 bits per heavy atom. The molecule has 0 bridgehead atoms. The highest BCUT2D eigenvalue weighted by Crippen LogP contribution is 2.36. The van der Waals surface area contributed by atoms with Gasteiger partial charge in [0.2, 0.25) is 0 Å². The van der Waals surface area contributed by atoms with Gasteiger partial charge in [-0.05, 0) is 81.4 Å². The van der Waals surface area contributed by atoms with E-state index in [1.165, 1.54) is 41.5 Å². The number of nitrogens with zero attached hydrogens (tertiary/aromatic N) is 2. The number of rotatable bonds is 11. The number of fused-ring (bicyclic) bond motifs is 1. The van der Waals surface area contributed by atoms with Gasteiger partial charge in [-0.2, -0.15) is 0 Å². The predicted octanol–water partition coefficient (Wildman–Crippen LogP) is 6.33. The molecule has 4 heteroatoms. The van der Waals surface area contributed by atoms with Crippen molar-refractivity contribution in [2.24, 2.45) is 0 Å². The fourth-order valence-electron chi connectivity index (χ4n) is 4.71. The summed E-state index contributed by atoms with van der Waals surface area (Å²) >= 11 is 0. The highest BCUT2D eigenvalue weighted by molar-refractivity contribution is 5.73. The second-order valence-electron chi connectivity index (χ2n) is 8.57. The summed E-state index contributed by atoms with van der Waals surface area (Å²) in [6.07, 6.45) is 9.76. The third-order valence-electron chi connectivity index (χ3n) is 6.61. The minimum atomic E-state index is 0.446. The second kappa shape index (κ2) is 11.6. The Hall–Kier alpha value is -1.94. The molecule has 1 aromatic carbocycles. The van der Waals surface area contributed by atoms with Gasteiger partial charge < -0.3 is 10.1 Å². The van der Waals surface area contributed by atoms with Gasteiger partial charge in [-0.25, -0.2) is 9.97 Å². The number of nitrogens with one attached hydrogen (secondary N) is 1. The number of ether oxygens (including phenoxy) is 1. The van der Waals surface area contributed by atoms with Crippen molar-refractivity contribution in [3.8, 4) is 11.3 Å². The van der Waals surface area contributed by atoms with Crippen LogP contribution in [0.2, 0.25) is 0 Å². The Balaban J connectivity index is 2.13. The summed E-state index contributed by atoms with van der Waals surface area (Å²) in [5.74, 6) is 0.984. The molecular formula is C27H41N3O. The summed E-state index contributed by atoms with van der Waals surface area (Å²) in [6.45, 7) is 12.4. The third kappa shape index (κ3) is 5.46. The van der Waals surface area contributed by atoms with E-state index in [4.69, 9.17) is 14.7 Å². The summed E-state index contributed by atoms with van der Waals surface area (Å²) in [5, 5.41) is 3.68. The number of benzene rings is 1. The molecule has 2 aromatic rings. The first kappa shape index (κ1) is 23.7. The predicted molar refractivity (Wildman–Crippen MR) is 131 cm³/mol. The van der Waals surface area contributed by atoms with E-state index < -0.39 is 0 Å². The van der Waals surface area contributed by atoms with E-state index in [1.54, 1.807) is 0 Å². The summed E-state index contributed by atoms with van der Waals surface area (Å²) in [7, 11) is 0. The van der Waals surface area contributed by atoms with Crippen molar-refractivity contribution >= 4 is 5.82 Å². The first-order chi connectivity index (χ1) is 15.2. The Labute approximate surface area is 189 Å². The fraction of sp³-hybridized carbons (Fsp3) is 0.630. The van der Waals surface area contributed by atoms with Crippen LogP contribution >= 0.6 is 0 Å². The number of aromatic nitrogens is 2. The number of aryl methyl sites for hydroxylation is 3. The fourth-order valence-corrected chi connectivity index (χ4v) is 4.71. The quantitative estimate of drug-likeness (QED) is 0.429. The summed E-state index contributed by atoms with van der Waals surface area (Å²) in [6, 6.07) is 5.12. The van der Waals surface area contributed by atoms with Crippen LogP contribution in [0.1, 0.15) is 88.4 Å². The molecule has 170 valence electrons. The first-order valence-corrected chi connectivity index (χ1v) is 12.5. The molecule has 0 saturated heterocycles. The van der Waals surface area contributed by atoms with E-state index in [0.717, 1.165) is 74.6 Å². The molecule has 1 heterocycles. The van der Waals surface area contributed by atoms with Crippen LogP contribution in [0.15, 0.2) is 12.1 Å². The second-order valence-corrected chi connectivity index (χ2v) is 8.57. The summed E-state index contributed by atoms with van der Waals surface area (Å²) in [5.41, 5.74) is 9.03. The molecule has 0 amide bonds. The van der Waals surface area contributed by atoms with Crippen LogP contribution in [0.3, 0.4) is 0 Å². The van der Waals surface area contributed by atoms with Gasteiger partial charge in [-0.15, -0.1) is 0 Å². The summed E-state index contributed by atoms with van der Waals surface area (Å²) in [4.78, 5) is 10.4. The van der Waals surface area contributed by atoms with Crippen LogP contribution in [-0.4, -0.2) is 29.2 Å². The standard InChI is InChI=1S/C27H41N3O/c1-6-21(7-2)28-27-24(9-4)29-26(23(8-3)30-27)25-20(17-18-31-10-5)16-15-19-13-11-12-14-22(19)25/h15-16,21H,6-14,17-18H2,1-5H3,(H,28,30). The van der Waals surface area contributed by atoms with Crippen molar-refractivity contribution < 1.29 is 4.74 Å². The monoisotopic (exact) mass is 423 g/mol. The van der Waals surface area contributed by atoms with Gasteiger partial charge in [0.05, 0.1) is 23.7 Å². The summed E-state index contributed by atoms with van der Waals surface area (Å²) < 4.78 is 5.72. The number of hydrogen-bond donors (Lipinski definition) is 1. The van der Waals surface area contributed by atoms with Crippen LogP contribution < -0.4 is 5.32 Å². The lowest BCUT2D eigenvalue weighted by Gasteiger charge is -2.25. The van der Waals surface area contributed by atoms with Crippen molar-refractivity contribution in [1.82, 2.24) is 9.97 Å². The average molecular weight is 424 g/mol. The Bertz CT molecular complexity index is 858. The lowest BCUT2D eigenvalue weighted by molar-refractivity contribution is 0.151. The first-order valence-electron chi connectivity index (χ1n) is 12.5. The Morgan fingerprint density at radius 1 is 0.935 bits per heavy atom. The van der Waals surface area contributed by atoms with Crippen LogP contribution in [0, 0.1) is 0 Å². The van der Waals surface area contributed by atoms with E-state index in [-0.39, 0.29) is 0 Å². The molecule has 1 N–H and O–H groups in total. The van der Waals surface area contributed by atoms with Crippen molar-refractivity contribution in [1.29, 1.82) is 0 Å². The van der Waals surface area contributed by atoms with Gasteiger partial charge in [-0.1, -0.05) is 39.8 Å². The third-order valence-corrected chi connectivity index (χ3v) is 6.61. The zero-order valence-electron chi connectivity index (χ0n) is 20.3. The molecule has 0 saturated carbocycles. The highest BCUT2D eigenvalue weighted by atomic mass is 16.5. The van der Waals surface area contributed by atoms with E-state index in [2.05, 4.69) is 52.1 Å². The van der Waals surface area contributed by atoms with Crippen molar-refractivity contribution in [3.63, 3.8) is 0 Å². The van der Waals surface area contributed by atoms with Crippen molar-refractivity contribution in [2.45, 2.75) is 98.4 Å². The molecule has 1 aliphatic carbocycles. The van der Waals surface area contributed by atoms with Crippen molar-refractivity contribution in [3.05, 3.63) is 40.2 Å². The maximum atomic E-state index is 5.72. The van der Waals surface area contributed by atoms with Gasteiger partial charge in [0.25, 0.3) is 0 Å². The maximum absolute atomic E-state index is 5.72.